The number of hydrogen-bond donors (Lipinski definition) is 1. The van der Waals surface area contributed by atoms with Crippen molar-refractivity contribution in [2.45, 2.75) is 31.8 Å². The van der Waals surface area contributed by atoms with Crippen LogP contribution in [-0.2, 0) is 14.3 Å². The minimum absolute atomic E-state index is 0.0145. The summed E-state index contributed by atoms with van der Waals surface area (Å²) < 4.78 is 5.36. The summed E-state index contributed by atoms with van der Waals surface area (Å²) in [4.78, 5) is 30.2. The predicted octanol–water partition coefficient (Wildman–Crippen LogP) is 2.85. The van der Waals surface area contributed by atoms with Gasteiger partial charge in [0.1, 0.15) is 0 Å². The van der Waals surface area contributed by atoms with E-state index < -0.39 is 0 Å². The topological polar surface area (TPSA) is 61.9 Å². The minimum atomic E-state index is -0.246. The number of carbonyl (C=O) groups excluding carboxylic acids is 2. The van der Waals surface area contributed by atoms with Crippen LogP contribution in [0.25, 0.3) is 0 Å². The summed E-state index contributed by atoms with van der Waals surface area (Å²) in [6, 6.07) is 19.7. The highest BCUT2D eigenvalue weighted by molar-refractivity contribution is 5.82. The number of benzene rings is 2. The quantitative estimate of drug-likeness (QED) is 0.758. The molecule has 2 amide bonds. The minimum Gasteiger partial charge on any atom is -0.378 e. The molecule has 170 valence electrons. The number of amides is 2. The van der Waals surface area contributed by atoms with Crippen molar-refractivity contribution in [2.24, 2.45) is 5.92 Å². The largest absolute Gasteiger partial charge is 0.378 e. The van der Waals surface area contributed by atoms with Crippen molar-refractivity contribution in [1.29, 1.82) is 0 Å². The number of rotatable bonds is 6. The Kier molecular flexibility index (Phi) is 7.55. The van der Waals surface area contributed by atoms with Crippen LogP contribution in [0.15, 0.2) is 60.7 Å². The molecule has 1 N–H and O–H groups in total. The van der Waals surface area contributed by atoms with Crippen molar-refractivity contribution in [3.05, 3.63) is 71.8 Å². The summed E-state index contributed by atoms with van der Waals surface area (Å²) >= 11 is 0. The van der Waals surface area contributed by atoms with E-state index >= 15 is 0 Å². The standard InChI is InChI=1S/C26H33N3O3/c1-20(28-14-12-23(13-15-28)26(31)29-16-18-32-19-17-29)25(30)27-24(21-8-4-2-5-9-21)22-10-6-3-7-11-22/h2-11,20,23-24H,12-19H2,1H3,(H,27,30). The van der Waals surface area contributed by atoms with Crippen LogP contribution in [0.5, 0.6) is 0 Å². The number of nitrogens with one attached hydrogen (secondary N) is 1. The number of carbonyl (C=O) groups is 2. The van der Waals surface area contributed by atoms with Crippen molar-refractivity contribution in [3.63, 3.8) is 0 Å². The molecule has 0 spiro atoms. The van der Waals surface area contributed by atoms with E-state index in [4.69, 9.17) is 4.74 Å². The molecule has 4 rings (SSSR count). The van der Waals surface area contributed by atoms with Crippen LogP contribution in [0.4, 0.5) is 0 Å². The Morgan fingerprint density at radius 1 is 0.875 bits per heavy atom. The van der Waals surface area contributed by atoms with E-state index in [2.05, 4.69) is 10.2 Å². The molecule has 6 nitrogen and oxygen atoms in total. The lowest BCUT2D eigenvalue weighted by Crippen LogP contribution is -2.51. The lowest BCUT2D eigenvalue weighted by atomic mass is 9.94. The second-order valence-corrected chi connectivity index (χ2v) is 8.69. The van der Waals surface area contributed by atoms with Crippen LogP contribution in [0.1, 0.15) is 36.9 Å². The molecule has 0 aliphatic carbocycles. The lowest BCUT2D eigenvalue weighted by Gasteiger charge is -2.37. The Labute approximate surface area is 190 Å². The van der Waals surface area contributed by atoms with Gasteiger partial charge >= 0.3 is 0 Å². The van der Waals surface area contributed by atoms with E-state index in [1.165, 1.54) is 0 Å². The highest BCUT2D eigenvalue weighted by Crippen LogP contribution is 2.24. The van der Waals surface area contributed by atoms with Gasteiger partial charge in [0.2, 0.25) is 11.8 Å². The molecular weight excluding hydrogens is 402 g/mol. The smallest absolute Gasteiger partial charge is 0.237 e. The molecule has 2 fully saturated rings. The monoisotopic (exact) mass is 435 g/mol. The number of likely N-dealkylation sites (tertiary alicyclic amines) is 1. The Morgan fingerprint density at radius 2 is 1.41 bits per heavy atom. The van der Waals surface area contributed by atoms with Gasteiger partial charge in [-0.3, -0.25) is 14.5 Å². The first-order valence-electron chi connectivity index (χ1n) is 11.6. The maximum atomic E-state index is 13.2. The fourth-order valence-electron chi connectivity index (χ4n) is 4.65. The summed E-state index contributed by atoms with van der Waals surface area (Å²) in [5.41, 5.74) is 2.13. The van der Waals surface area contributed by atoms with Gasteiger partial charge in [0.25, 0.3) is 0 Å². The van der Waals surface area contributed by atoms with Gasteiger partial charge in [-0.1, -0.05) is 60.7 Å². The fraction of sp³-hybridized carbons (Fsp3) is 0.462. The first-order chi connectivity index (χ1) is 15.6. The molecule has 2 aromatic rings. The molecule has 2 heterocycles. The van der Waals surface area contributed by atoms with Gasteiger partial charge in [-0.15, -0.1) is 0 Å². The van der Waals surface area contributed by atoms with Crippen LogP contribution >= 0.6 is 0 Å². The van der Waals surface area contributed by atoms with Gasteiger partial charge in [0.15, 0.2) is 0 Å². The van der Waals surface area contributed by atoms with Crippen molar-refractivity contribution in [1.82, 2.24) is 15.1 Å². The summed E-state index contributed by atoms with van der Waals surface area (Å²) in [7, 11) is 0. The van der Waals surface area contributed by atoms with Crippen LogP contribution in [0, 0.1) is 5.92 Å². The van der Waals surface area contributed by atoms with Crippen molar-refractivity contribution >= 4 is 11.8 Å². The zero-order valence-electron chi connectivity index (χ0n) is 18.8. The fourth-order valence-corrected chi connectivity index (χ4v) is 4.65. The van der Waals surface area contributed by atoms with Gasteiger partial charge in [-0.2, -0.15) is 0 Å². The Morgan fingerprint density at radius 3 is 1.94 bits per heavy atom. The Hall–Kier alpha value is -2.70. The Bertz CT molecular complexity index is 836. The van der Waals surface area contributed by atoms with E-state index in [0.29, 0.717) is 26.3 Å². The van der Waals surface area contributed by atoms with Crippen LogP contribution in [-0.4, -0.2) is 67.0 Å². The van der Waals surface area contributed by atoms with Gasteiger partial charge in [0.05, 0.1) is 25.3 Å². The molecule has 32 heavy (non-hydrogen) atoms. The summed E-state index contributed by atoms with van der Waals surface area (Å²) in [5, 5.41) is 3.26. The molecule has 6 heteroatoms. The molecule has 0 radical (unpaired) electrons. The van der Waals surface area contributed by atoms with Crippen LogP contribution in [0.3, 0.4) is 0 Å². The van der Waals surface area contributed by atoms with E-state index in [-0.39, 0.29) is 29.8 Å². The molecule has 1 unspecified atom stereocenters. The molecule has 2 aliphatic heterocycles. The number of nitrogens with zero attached hydrogens (tertiary/aromatic N) is 2. The van der Waals surface area contributed by atoms with E-state index in [0.717, 1.165) is 37.1 Å². The van der Waals surface area contributed by atoms with Crippen molar-refractivity contribution in [2.75, 3.05) is 39.4 Å². The SMILES string of the molecule is CC(C(=O)NC(c1ccccc1)c1ccccc1)N1CCC(C(=O)N2CCOCC2)CC1. The first-order valence-corrected chi connectivity index (χ1v) is 11.6. The number of ether oxygens (including phenoxy) is 1. The maximum absolute atomic E-state index is 13.2. The van der Waals surface area contributed by atoms with Crippen molar-refractivity contribution in [3.8, 4) is 0 Å². The number of hydrogen-bond acceptors (Lipinski definition) is 4. The van der Waals surface area contributed by atoms with E-state index in [9.17, 15) is 9.59 Å². The molecule has 2 aliphatic rings. The highest BCUT2D eigenvalue weighted by atomic mass is 16.5. The summed E-state index contributed by atoms with van der Waals surface area (Å²) in [6.07, 6.45) is 1.60. The second-order valence-electron chi connectivity index (χ2n) is 8.69. The van der Waals surface area contributed by atoms with E-state index in [1.807, 2.05) is 72.5 Å². The summed E-state index contributed by atoms with van der Waals surface area (Å²) in [6.45, 7) is 6.13. The average Bonchev–Trinajstić information content (AvgIpc) is 2.88. The average molecular weight is 436 g/mol. The number of piperidine rings is 1. The zero-order chi connectivity index (χ0) is 22.3. The molecule has 0 aromatic heterocycles. The molecule has 0 saturated carbocycles. The molecular formula is C26H33N3O3. The van der Waals surface area contributed by atoms with Gasteiger partial charge in [-0.05, 0) is 44.0 Å². The molecule has 2 saturated heterocycles. The third-order valence-electron chi connectivity index (χ3n) is 6.68. The third-order valence-corrected chi connectivity index (χ3v) is 6.68. The van der Waals surface area contributed by atoms with Gasteiger partial charge < -0.3 is 15.0 Å². The number of morpholine rings is 1. The predicted molar refractivity (Wildman–Crippen MR) is 124 cm³/mol. The van der Waals surface area contributed by atoms with Gasteiger partial charge in [-0.25, -0.2) is 0 Å². The van der Waals surface area contributed by atoms with E-state index in [1.54, 1.807) is 0 Å². The zero-order valence-corrected chi connectivity index (χ0v) is 18.8. The normalized spacial score (nSPS) is 19.0. The van der Waals surface area contributed by atoms with Gasteiger partial charge in [0, 0.05) is 19.0 Å². The molecule has 0 bridgehead atoms. The van der Waals surface area contributed by atoms with Crippen molar-refractivity contribution < 1.29 is 14.3 Å². The first kappa shape index (κ1) is 22.5. The molecule has 2 aromatic carbocycles. The molecule has 1 atom stereocenters. The van der Waals surface area contributed by atoms with Crippen LogP contribution < -0.4 is 5.32 Å². The Balaban J connectivity index is 1.36. The summed E-state index contributed by atoms with van der Waals surface area (Å²) in [5.74, 6) is 0.319. The third kappa shape index (κ3) is 5.37. The van der Waals surface area contributed by atoms with Crippen LogP contribution in [0.2, 0.25) is 0 Å². The maximum Gasteiger partial charge on any atom is 0.237 e. The lowest BCUT2D eigenvalue weighted by molar-refractivity contribution is -0.141. The second kappa shape index (κ2) is 10.7. The highest BCUT2D eigenvalue weighted by Gasteiger charge is 2.33.